The molecule has 0 radical (unpaired) electrons. The van der Waals surface area contributed by atoms with Gasteiger partial charge in [0.1, 0.15) is 5.69 Å². The number of fused-ring (bicyclic) bond motifs is 1. The van der Waals surface area contributed by atoms with Crippen LogP contribution in [-0.4, -0.2) is 33.9 Å². The number of rotatable bonds is 2. The summed E-state index contributed by atoms with van der Waals surface area (Å²) in [7, 11) is 0. The van der Waals surface area contributed by atoms with Gasteiger partial charge in [0.2, 0.25) is 0 Å². The summed E-state index contributed by atoms with van der Waals surface area (Å²) in [6.45, 7) is 3.67. The first kappa shape index (κ1) is 17.8. The number of likely N-dealkylation sites (tertiary alicyclic amines) is 1. The summed E-state index contributed by atoms with van der Waals surface area (Å²) in [4.78, 5) is 22.2. The normalized spacial score (nSPS) is 13.9. The van der Waals surface area contributed by atoms with E-state index in [-0.39, 0.29) is 18.3 Å². The van der Waals surface area contributed by atoms with Crippen LogP contribution in [0.15, 0.2) is 36.5 Å². The number of amides is 1. The Labute approximate surface area is 157 Å². The van der Waals surface area contributed by atoms with E-state index in [9.17, 15) is 4.79 Å². The van der Waals surface area contributed by atoms with Gasteiger partial charge in [0.15, 0.2) is 0 Å². The van der Waals surface area contributed by atoms with Gasteiger partial charge in [0.05, 0.1) is 16.2 Å². The summed E-state index contributed by atoms with van der Waals surface area (Å²) in [6, 6.07) is 9.79. The van der Waals surface area contributed by atoms with E-state index in [1.807, 2.05) is 48.4 Å². The van der Waals surface area contributed by atoms with Crippen molar-refractivity contribution in [2.45, 2.75) is 19.8 Å². The van der Waals surface area contributed by atoms with Crippen molar-refractivity contribution in [2.24, 2.45) is 0 Å². The number of aromatic nitrogens is 2. The van der Waals surface area contributed by atoms with Gasteiger partial charge in [-0.2, -0.15) is 0 Å². The van der Waals surface area contributed by atoms with Crippen LogP contribution in [0.3, 0.4) is 0 Å². The number of nitrogens with one attached hydrogen (secondary N) is 1. The van der Waals surface area contributed by atoms with E-state index in [0.29, 0.717) is 16.4 Å². The number of para-hydroxylation sites is 1. The lowest BCUT2D eigenvalue weighted by Crippen LogP contribution is -2.27. The minimum atomic E-state index is 0. The van der Waals surface area contributed by atoms with Crippen LogP contribution >= 0.6 is 24.0 Å². The first-order chi connectivity index (χ1) is 11.6. The molecule has 1 aromatic carbocycles. The number of carbonyl (C=O) groups excluding carboxylic acids is 1. The molecule has 4 nitrogen and oxygen atoms in total. The molecule has 0 unspecified atom stereocenters. The Morgan fingerprint density at radius 1 is 1.24 bits per heavy atom. The molecular weight excluding hydrogens is 357 g/mol. The zero-order valence-corrected chi connectivity index (χ0v) is 15.5. The number of hydrogen-bond acceptors (Lipinski definition) is 2. The maximum Gasteiger partial charge on any atom is 0.270 e. The number of H-pyrrole nitrogens is 1. The average Bonchev–Trinajstić information content (AvgIpc) is 3.29. The predicted octanol–water partition coefficient (Wildman–Crippen LogP) is 4.85. The maximum atomic E-state index is 12.5. The molecule has 2 aromatic heterocycles. The van der Waals surface area contributed by atoms with Gasteiger partial charge in [0.25, 0.3) is 5.91 Å². The number of benzene rings is 1. The van der Waals surface area contributed by atoms with E-state index in [1.54, 1.807) is 0 Å². The van der Waals surface area contributed by atoms with Gasteiger partial charge in [0, 0.05) is 30.2 Å². The fourth-order valence-corrected chi connectivity index (χ4v) is 3.54. The Morgan fingerprint density at radius 3 is 2.72 bits per heavy atom. The van der Waals surface area contributed by atoms with Gasteiger partial charge < -0.3 is 9.88 Å². The van der Waals surface area contributed by atoms with Crippen molar-refractivity contribution in [1.82, 2.24) is 14.9 Å². The molecule has 3 aromatic rings. The molecule has 3 heterocycles. The molecule has 1 fully saturated rings. The number of pyridine rings is 1. The molecule has 130 valence electrons. The Morgan fingerprint density at radius 2 is 1.96 bits per heavy atom. The second-order valence-electron chi connectivity index (χ2n) is 6.22. The van der Waals surface area contributed by atoms with Gasteiger partial charge in [-0.25, -0.2) is 4.98 Å². The zero-order chi connectivity index (χ0) is 16.7. The van der Waals surface area contributed by atoms with E-state index >= 15 is 0 Å². The quantitative estimate of drug-likeness (QED) is 0.695. The van der Waals surface area contributed by atoms with E-state index in [0.717, 1.165) is 48.0 Å². The highest BCUT2D eigenvalue weighted by Crippen LogP contribution is 2.33. The fourth-order valence-electron chi connectivity index (χ4n) is 3.29. The molecule has 4 rings (SSSR count). The second-order valence-corrected chi connectivity index (χ2v) is 6.60. The van der Waals surface area contributed by atoms with E-state index in [1.165, 1.54) is 0 Å². The lowest BCUT2D eigenvalue weighted by molar-refractivity contribution is 0.0788. The molecule has 0 aliphatic carbocycles. The van der Waals surface area contributed by atoms with E-state index in [2.05, 4.69) is 4.98 Å². The third kappa shape index (κ3) is 3.12. The lowest BCUT2D eigenvalue weighted by Gasteiger charge is -2.13. The van der Waals surface area contributed by atoms with Crippen LogP contribution < -0.4 is 0 Å². The molecule has 1 N–H and O–H groups in total. The number of hydrogen-bond donors (Lipinski definition) is 1. The van der Waals surface area contributed by atoms with Crippen molar-refractivity contribution in [1.29, 1.82) is 0 Å². The second kappa shape index (κ2) is 7.06. The van der Waals surface area contributed by atoms with E-state index < -0.39 is 0 Å². The monoisotopic (exact) mass is 375 g/mol. The molecular formula is C19H19Cl2N3O. The van der Waals surface area contributed by atoms with Gasteiger partial charge in [-0.3, -0.25) is 4.79 Å². The van der Waals surface area contributed by atoms with Crippen LogP contribution in [0.4, 0.5) is 0 Å². The van der Waals surface area contributed by atoms with Crippen molar-refractivity contribution in [2.75, 3.05) is 13.1 Å². The molecule has 0 bridgehead atoms. The van der Waals surface area contributed by atoms with Crippen molar-refractivity contribution in [3.63, 3.8) is 0 Å². The molecule has 25 heavy (non-hydrogen) atoms. The van der Waals surface area contributed by atoms with Crippen LogP contribution in [0.1, 0.15) is 28.9 Å². The van der Waals surface area contributed by atoms with Crippen LogP contribution in [0.5, 0.6) is 0 Å². The van der Waals surface area contributed by atoms with Gasteiger partial charge in [-0.1, -0.05) is 29.8 Å². The summed E-state index contributed by atoms with van der Waals surface area (Å²) in [6.07, 6.45) is 3.97. The third-order valence-corrected chi connectivity index (χ3v) is 5.12. The fraction of sp³-hybridized carbons (Fsp3) is 0.263. The van der Waals surface area contributed by atoms with Crippen LogP contribution in [-0.2, 0) is 0 Å². The SMILES string of the molecule is Cc1c(Cl)c(-c2c[nH]c(C(=O)N3CCCC3)c2)nc2ccccc12.Cl. The topological polar surface area (TPSA) is 49.0 Å². The van der Waals surface area contributed by atoms with Crippen LogP contribution in [0.25, 0.3) is 22.2 Å². The highest BCUT2D eigenvalue weighted by Gasteiger charge is 2.22. The molecule has 6 heteroatoms. The predicted molar refractivity (Wildman–Crippen MR) is 104 cm³/mol. The maximum absolute atomic E-state index is 12.5. The number of aromatic amines is 1. The summed E-state index contributed by atoms with van der Waals surface area (Å²) >= 11 is 6.55. The largest absolute Gasteiger partial charge is 0.357 e. The number of halogens is 2. The molecule has 1 saturated heterocycles. The molecule has 0 atom stereocenters. The molecule has 1 aliphatic rings. The smallest absolute Gasteiger partial charge is 0.270 e. The van der Waals surface area contributed by atoms with Gasteiger partial charge in [-0.05, 0) is 37.5 Å². The van der Waals surface area contributed by atoms with E-state index in [4.69, 9.17) is 16.6 Å². The van der Waals surface area contributed by atoms with Crippen molar-refractivity contribution in [3.05, 3.63) is 52.8 Å². The number of nitrogens with zero attached hydrogens (tertiary/aromatic N) is 2. The number of carbonyl (C=O) groups is 1. The minimum Gasteiger partial charge on any atom is -0.357 e. The average molecular weight is 376 g/mol. The van der Waals surface area contributed by atoms with Gasteiger partial charge >= 0.3 is 0 Å². The van der Waals surface area contributed by atoms with Gasteiger partial charge in [-0.15, -0.1) is 12.4 Å². The number of aryl methyl sites for hydroxylation is 1. The van der Waals surface area contributed by atoms with Crippen LogP contribution in [0, 0.1) is 6.92 Å². The molecule has 1 amide bonds. The van der Waals surface area contributed by atoms with Crippen molar-refractivity contribution >= 4 is 40.8 Å². The summed E-state index contributed by atoms with van der Waals surface area (Å²) in [5.74, 6) is 0.0485. The Hall–Kier alpha value is -2.04. The molecule has 0 spiro atoms. The first-order valence-electron chi connectivity index (χ1n) is 8.18. The zero-order valence-electron chi connectivity index (χ0n) is 13.9. The summed E-state index contributed by atoms with van der Waals surface area (Å²) in [5.41, 5.74) is 4.06. The third-order valence-electron chi connectivity index (χ3n) is 4.66. The van der Waals surface area contributed by atoms with Crippen molar-refractivity contribution < 1.29 is 4.79 Å². The molecule has 0 saturated carbocycles. The summed E-state index contributed by atoms with van der Waals surface area (Å²) < 4.78 is 0. The van der Waals surface area contributed by atoms with Crippen molar-refractivity contribution in [3.8, 4) is 11.3 Å². The lowest BCUT2D eigenvalue weighted by atomic mass is 10.1. The first-order valence-corrected chi connectivity index (χ1v) is 8.56. The highest BCUT2D eigenvalue weighted by molar-refractivity contribution is 6.34. The minimum absolute atomic E-state index is 0. The standard InChI is InChI=1S/C19H18ClN3O.ClH/c1-12-14-6-2-3-7-15(14)22-18(17(12)20)13-10-16(21-11-13)19(24)23-8-4-5-9-23;/h2-3,6-7,10-11,21H,4-5,8-9H2,1H3;1H. The Balaban J connectivity index is 0.00000182. The molecule has 1 aliphatic heterocycles. The summed E-state index contributed by atoms with van der Waals surface area (Å²) in [5, 5.41) is 1.68. The Kier molecular flexibility index (Phi) is 5.02. The van der Waals surface area contributed by atoms with Crippen LogP contribution in [0.2, 0.25) is 5.02 Å². The Bertz CT molecular complexity index is 930. The highest BCUT2D eigenvalue weighted by atomic mass is 35.5.